The highest BCUT2D eigenvalue weighted by atomic mass is 17.3. The molecule has 5 fully saturated rings. The number of hydrogen-bond donors (Lipinski definition) is 17. The van der Waals surface area contributed by atoms with Gasteiger partial charge < -0.3 is 125 Å². The molecule has 0 aliphatic carbocycles. The summed E-state index contributed by atoms with van der Waals surface area (Å²) in [6, 6.07) is 0. The second-order valence-corrected chi connectivity index (χ2v) is 15.0. The van der Waals surface area contributed by atoms with E-state index in [1.165, 1.54) is 0 Å². The average molecular weight is 873 g/mol. The zero-order valence-corrected chi connectivity index (χ0v) is 31.2. The molecule has 0 spiro atoms. The Balaban J connectivity index is 1.36. The van der Waals surface area contributed by atoms with Crippen molar-refractivity contribution in [3.63, 3.8) is 0 Å². The summed E-state index contributed by atoms with van der Waals surface area (Å²) < 4.78 is 44.4. The first-order valence-electron chi connectivity index (χ1n) is 18.7. The molecule has 5 aliphatic rings. The van der Waals surface area contributed by atoms with E-state index in [0.717, 1.165) is 0 Å². The van der Waals surface area contributed by atoms with E-state index in [0.29, 0.717) is 0 Å². The van der Waals surface area contributed by atoms with E-state index in [9.17, 15) is 86.8 Å². The molecule has 0 saturated carbocycles. The van der Waals surface area contributed by atoms with Crippen molar-refractivity contribution >= 4 is 0 Å². The van der Waals surface area contributed by atoms with Crippen molar-refractivity contribution in [3.05, 3.63) is 0 Å². The largest absolute Gasteiger partial charge is 0.394 e. The zero-order valence-electron chi connectivity index (χ0n) is 31.2. The third kappa shape index (κ3) is 10.3. The fourth-order valence-electron chi connectivity index (χ4n) is 7.07. The molecule has 0 aromatic carbocycles. The first kappa shape index (κ1) is 48.9. The van der Waals surface area contributed by atoms with E-state index in [1.807, 2.05) is 0 Å². The lowest BCUT2D eigenvalue weighted by atomic mass is 9.94. The Labute approximate surface area is 334 Å². The molecule has 0 aromatic heterocycles. The van der Waals surface area contributed by atoms with Crippen LogP contribution >= 0.6 is 0 Å². The molecule has 27 heteroatoms. The molecule has 27 nitrogen and oxygen atoms in total. The highest BCUT2D eigenvalue weighted by Crippen LogP contribution is 2.38. The number of hydrogen-bond acceptors (Lipinski definition) is 27. The highest BCUT2D eigenvalue weighted by molar-refractivity contribution is 4.97. The smallest absolute Gasteiger partial charge is 0.252 e. The SMILES string of the molecule is OCC1O[C@H](OC[C@H]2O[C@@](CO)(OC[C@@]3(OO[C@H]4OC(CO)[C@@H](O)C(O)C4O)O[C@H](CO[C@H]4OC(CO)[C@@H](O)C(O)C4O)[C@H](O)CC3O)C(O)C[C@H]2O)C(O)C(O)[C@@H]1O. The van der Waals surface area contributed by atoms with E-state index >= 15 is 0 Å². The van der Waals surface area contributed by atoms with Crippen molar-refractivity contribution in [1.82, 2.24) is 0 Å². The molecule has 23 atom stereocenters. The Kier molecular flexibility index (Phi) is 17.1. The second kappa shape index (κ2) is 20.6. The molecule has 59 heavy (non-hydrogen) atoms. The van der Waals surface area contributed by atoms with Gasteiger partial charge in [-0.15, -0.1) is 0 Å². The quantitative estimate of drug-likeness (QED) is 0.0506. The van der Waals surface area contributed by atoms with E-state index in [1.54, 1.807) is 0 Å². The maximum absolute atomic E-state index is 11.3. The number of ether oxygens (including phenoxy) is 8. The fraction of sp³-hybridized carbons (Fsp3) is 1.00. The molecule has 5 heterocycles. The minimum absolute atomic E-state index is 0.587. The van der Waals surface area contributed by atoms with Crippen LogP contribution < -0.4 is 0 Å². The van der Waals surface area contributed by atoms with Crippen LogP contribution in [0, 0.1) is 0 Å². The average Bonchev–Trinajstić information content (AvgIpc) is 3.22. The van der Waals surface area contributed by atoms with Crippen LogP contribution in [0.2, 0.25) is 0 Å². The van der Waals surface area contributed by atoms with Crippen molar-refractivity contribution in [2.45, 2.75) is 153 Å². The molecule has 346 valence electrons. The van der Waals surface area contributed by atoms with Crippen molar-refractivity contribution in [1.29, 1.82) is 0 Å². The Bertz CT molecular complexity index is 1280. The Morgan fingerprint density at radius 2 is 0.814 bits per heavy atom. The minimum atomic E-state index is -2.74. The normalized spacial score (nSPS) is 51.1. The minimum Gasteiger partial charge on any atom is -0.394 e. The Morgan fingerprint density at radius 3 is 1.22 bits per heavy atom. The van der Waals surface area contributed by atoms with Crippen LogP contribution in [0.15, 0.2) is 0 Å². The van der Waals surface area contributed by atoms with Gasteiger partial charge in [0.1, 0.15) is 104 Å². The summed E-state index contributed by atoms with van der Waals surface area (Å²) in [6.45, 7) is -6.31. The number of aliphatic hydroxyl groups excluding tert-OH is 17. The number of rotatable bonds is 16. The molecule has 5 saturated heterocycles. The van der Waals surface area contributed by atoms with Crippen LogP contribution in [0.1, 0.15) is 12.8 Å². The molecular weight excluding hydrogens is 816 g/mol. The lowest BCUT2D eigenvalue weighted by Crippen LogP contribution is -2.66. The van der Waals surface area contributed by atoms with Crippen LogP contribution in [0.4, 0.5) is 0 Å². The predicted molar refractivity (Wildman–Crippen MR) is 177 cm³/mol. The van der Waals surface area contributed by atoms with Gasteiger partial charge in [-0.25, -0.2) is 0 Å². The van der Waals surface area contributed by atoms with Gasteiger partial charge in [-0.3, -0.25) is 0 Å². The summed E-state index contributed by atoms with van der Waals surface area (Å²) >= 11 is 0. The van der Waals surface area contributed by atoms with Gasteiger partial charge in [0.05, 0.1) is 51.8 Å². The third-order valence-corrected chi connectivity index (χ3v) is 10.9. The monoisotopic (exact) mass is 872 g/mol. The third-order valence-electron chi connectivity index (χ3n) is 10.9. The lowest BCUT2D eigenvalue weighted by Gasteiger charge is -2.49. The maximum Gasteiger partial charge on any atom is 0.252 e. The molecule has 0 aromatic rings. The molecular formula is C32H56O27. The van der Waals surface area contributed by atoms with E-state index in [-0.39, 0.29) is 0 Å². The molecule has 5 rings (SSSR count). The van der Waals surface area contributed by atoms with Crippen LogP contribution in [0.25, 0.3) is 0 Å². The number of aliphatic hydroxyl groups is 17. The van der Waals surface area contributed by atoms with Gasteiger partial charge in [-0.05, 0) is 0 Å². The van der Waals surface area contributed by atoms with Gasteiger partial charge in [-0.2, -0.15) is 9.78 Å². The summed E-state index contributed by atoms with van der Waals surface area (Å²) in [5.41, 5.74) is 0. The zero-order chi connectivity index (χ0) is 43.6. The predicted octanol–water partition coefficient (Wildman–Crippen LogP) is -11.2. The first-order valence-corrected chi connectivity index (χ1v) is 18.7. The van der Waals surface area contributed by atoms with E-state index in [2.05, 4.69) is 0 Å². The van der Waals surface area contributed by atoms with Gasteiger partial charge in [0.15, 0.2) is 12.6 Å². The fourth-order valence-corrected chi connectivity index (χ4v) is 7.07. The molecule has 17 N–H and O–H groups in total. The van der Waals surface area contributed by atoms with Gasteiger partial charge >= 0.3 is 0 Å². The van der Waals surface area contributed by atoms with Crippen LogP contribution in [0.5, 0.6) is 0 Å². The molecule has 0 bridgehead atoms. The summed E-state index contributed by atoms with van der Waals surface area (Å²) in [7, 11) is 0. The summed E-state index contributed by atoms with van der Waals surface area (Å²) in [6.07, 6.45) is -38.0. The summed E-state index contributed by atoms with van der Waals surface area (Å²) in [4.78, 5) is 10.7. The molecule has 0 amide bonds. The van der Waals surface area contributed by atoms with E-state index < -0.39 is 199 Å². The summed E-state index contributed by atoms with van der Waals surface area (Å²) in [5, 5.41) is 176. The van der Waals surface area contributed by atoms with Gasteiger partial charge in [0, 0.05) is 12.8 Å². The van der Waals surface area contributed by atoms with Crippen LogP contribution in [0.3, 0.4) is 0 Å². The maximum atomic E-state index is 11.3. The lowest BCUT2D eigenvalue weighted by molar-refractivity contribution is -0.528. The Morgan fingerprint density at radius 1 is 0.441 bits per heavy atom. The topological polar surface area (TPSA) is 436 Å². The van der Waals surface area contributed by atoms with Crippen molar-refractivity contribution in [2.24, 2.45) is 0 Å². The molecule has 5 aliphatic heterocycles. The van der Waals surface area contributed by atoms with Crippen molar-refractivity contribution < 1.29 is 134 Å². The van der Waals surface area contributed by atoms with Gasteiger partial charge in [0.2, 0.25) is 12.1 Å². The first-order chi connectivity index (χ1) is 27.9. The van der Waals surface area contributed by atoms with Crippen LogP contribution in [-0.2, 0) is 47.7 Å². The molecule has 11 unspecified atom stereocenters. The summed E-state index contributed by atoms with van der Waals surface area (Å²) in [5.74, 6) is -5.30. The van der Waals surface area contributed by atoms with Crippen LogP contribution in [-0.4, -0.2) is 273 Å². The van der Waals surface area contributed by atoms with E-state index in [4.69, 9.17) is 47.7 Å². The Hall–Kier alpha value is -1.08. The van der Waals surface area contributed by atoms with Crippen molar-refractivity contribution in [2.75, 3.05) is 46.2 Å². The van der Waals surface area contributed by atoms with Gasteiger partial charge in [-0.1, -0.05) is 0 Å². The standard InChI is InChI=1S/C32H56O27/c33-3-12-19(41)22(44)25(47)28(53-12)50-6-15-10(37)1-17(39)31(8-36,56-15)52-9-32(59-58-30-27(49)24(46)21(43)14(5-35)55-30)18(40)2-11(38)16(57-32)7-51-29-26(48)23(45)20(42)13(4-34)54-29/h10-30,33-49H,1-9H2/t10-,11-,12?,13?,14?,15-,16-,17?,18?,19-,20-,21-,22?,23?,24?,25?,26?,27?,28+,29+,30-,31-,32+/m1/s1. The van der Waals surface area contributed by atoms with Crippen molar-refractivity contribution in [3.8, 4) is 0 Å². The van der Waals surface area contributed by atoms with Gasteiger partial charge in [0.25, 0.3) is 5.79 Å². The highest BCUT2D eigenvalue weighted by Gasteiger charge is 2.57. The molecule has 0 radical (unpaired) electrons. The second-order valence-electron chi connectivity index (χ2n) is 15.0.